The molecule has 0 bridgehead atoms. The first-order valence-electron chi connectivity index (χ1n) is 19.3. The summed E-state index contributed by atoms with van der Waals surface area (Å²) in [5, 5.41) is 21.3. The maximum absolute atomic E-state index is 12.3. The van der Waals surface area contributed by atoms with Crippen molar-refractivity contribution in [2.45, 2.75) is 131 Å². The first-order valence-corrected chi connectivity index (χ1v) is 19.3. The zero-order chi connectivity index (χ0) is 41.5. The third-order valence-corrected chi connectivity index (χ3v) is 10.8. The van der Waals surface area contributed by atoms with Gasteiger partial charge in [0.15, 0.2) is 0 Å². The van der Waals surface area contributed by atoms with Crippen LogP contribution in [0, 0.1) is 27.7 Å². The summed E-state index contributed by atoms with van der Waals surface area (Å²) in [5.41, 5.74) is 7.77. The highest BCUT2D eigenvalue weighted by Gasteiger charge is 2.34. The lowest BCUT2D eigenvalue weighted by Gasteiger charge is -2.33. The SMILES string of the molecule is C=C(C)C(=O)OCC(O)COc1c(C)cc(C(C)(C)c2ccc(C(C)(C)c3cc(C)c(OCC(O)CC(CC)(CC)OC(=O)C(=C)C)c(C)c3)cc2)cc1C. The molecule has 0 spiro atoms. The summed E-state index contributed by atoms with van der Waals surface area (Å²) in [6.45, 7) is 31.2. The van der Waals surface area contributed by atoms with E-state index in [1.165, 1.54) is 11.1 Å². The molecule has 0 saturated carbocycles. The number of aliphatic hydroxyl groups is 2. The number of hydrogen-bond donors (Lipinski definition) is 2. The Balaban J connectivity index is 1.74. The Labute approximate surface area is 329 Å². The van der Waals surface area contributed by atoms with Crippen molar-refractivity contribution in [1.29, 1.82) is 0 Å². The van der Waals surface area contributed by atoms with Gasteiger partial charge in [0.05, 0.1) is 6.10 Å². The first kappa shape index (κ1) is 45.0. The van der Waals surface area contributed by atoms with Crippen molar-refractivity contribution in [1.82, 2.24) is 0 Å². The van der Waals surface area contributed by atoms with Gasteiger partial charge in [-0.25, -0.2) is 9.59 Å². The monoisotopic (exact) mass is 756 g/mol. The first-order chi connectivity index (χ1) is 25.6. The second kappa shape index (κ2) is 18.5. The largest absolute Gasteiger partial charge is 0.490 e. The molecule has 2 unspecified atom stereocenters. The van der Waals surface area contributed by atoms with Crippen LogP contribution in [0.5, 0.6) is 11.5 Å². The number of esters is 2. The highest BCUT2D eigenvalue weighted by Crippen LogP contribution is 2.40. The van der Waals surface area contributed by atoms with Crippen molar-refractivity contribution in [2.75, 3.05) is 19.8 Å². The van der Waals surface area contributed by atoms with E-state index in [2.05, 4.69) is 89.4 Å². The predicted octanol–water partition coefficient (Wildman–Crippen LogP) is 9.24. The fraction of sp³-hybridized carbons (Fsp3) is 0.489. The minimum atomic E-state index is -0.959. The number of ether oxygens (including phenoxy) is 4. The molecule has 0 aromatic heterocycles. The summed E-state index contributed by atoms with van der Waals surface area (Å²) in [6, 6.07) is 17.4. The topological polar surface area (TPSA) is 112 Å². The van der Waals surface area contributed by atoms with Crippen LogP contribution in [-0.4, -0.2) is 59.8 Å². The lowest BCUT2D eigenvalue weighted by molar-refractivity contribution is -0.159. The van der Waals surface area contributed by atoms with E-state index in [4.69, 9.17) is 18.9 Å². The average Bonchev–Trinajstić information content (AvgIpc) is 3.12. The molecule has 0 radical (unpaired) electrons. The highest BCUT2D eigenvalue weighted by molar-refractivity contribution is 5.87. The van der Waals surface area contributed by atoms with Crippen LogP contribution in [0.1, 0.15) is 119 Å². The van der Waals surface area contributed by atoms with E-state index in [0.29, 0.717) is 24.2 Å². The number of rotatable bonds is 19. The average molecular weight is 757 g/mol. The molecule has 300 valence electrons. The van der Waals surface area contributed by atoms with E-state index >= 15 is 0 Å². The van der Waals surface area contributed by atoms with Crippen molar-refractivity contribution in [3.63, 3.8) is 0 Å². The molecule has 3 rings (SSSR count). The number of aliphatic hydroxyl groups excluding tert-OH is 2. The van der Waals surface area contributed by atoms with Gasteiger partial charge in [-0.3, -0.25) is 0 Å². The van der Waals surface area contributed by atoms with Crippen LogP contribution in [0.4, 0.5) is 0 Å². The van der Waals surface area contributed by atoms with Gasteiger partial charge in [-0.05, 0) is 98.9 Å². The molecule has 0 heterocycles. The molecule has 0 aliphatic rings. The van der Waals surface area contributed by atoms with E-state index in [-0.39, 0.29) is 42.6 Å². The highest BCUT2D eigenvalue weighted by atomic mass is 16.6. The fourth-order valence-electron chi connectivity index (χ4n) is 6.91. The van der Waals surface area contributed by atoms with Crippen molar-refractivity contribution in [3.8, 4) is 11.5 Å². The zero-order valence-corrected chi connectivity index (χ0v) is 35.3. The summed E-state index contributed by atoms with van der Waals surface area (Å²) in [6.07, 6.45) is -0.348. The second-order valence-electron chi connectivity index (χ2n) is 16.3. The van der Waals surface area contributed by atoms with Gasteiger partial charge in [-0.2, -0.15) is 0 Å². The summed E-state index contributed by atoms with van der Waals surface area (Å²) in [5.74, 6) is 0.467. The molecule has 0 saturated heterocycles. The van der Waals surface area contributed by atoms with E-state index in [1.54, 1.807) is 13.8 Å². The Morgan fingerprint density at radius 1 is 0.618 bits per heavy atom. The van der Waals surface area contributed by atoms with Gasteiger partial charge >= 0.3 is 11.9 Å². The summed E-state index contributed by atoms with van der Waals surface area (Å²) >= 11 is 0. The normalized spacial score (nSPS) is 13.1. The van der Waals surface area contributed by atoms with Gasteiger partial charge in [-0.15, -0.1) is 0 Å². The van der Waals surface area contributed by atoms with Crippen LogP contribution in [-0.2, 0) is 29.9 Å². The molecule has 0 aliphatic heterocycles. The smallest absolute Gasteiger partial charge is 0.333 e. The number of hydrogen-bond acceptors (Lipinski definition) is 8. The predicted molar refractivity (Wildman–Crippen MR) is 220 cm³/mol. The minimum Gasteiger partial charge on any atom is -0.490 e. The second-order valence-corrected chi connectivity index (χ2v) is 16.3. The van der Waals surface area contributed by atoms with Gasteiger partial charge in [-0.1, -0.05) is 103 Å². The maximum atomic E-state index is 12.3. The molecule has 55 heavy (non-hydrogen) atoms. The molecule has 3 aromatic carbocycles. The standard InChI is InChI=1S/C47H64O8/c1-15-47(16-2,55-44(51)30(5)6)25-39(48)26-52-41-31(7)21-37(22-32(41)8)45(11,12)35-17-19-36(20-18-35)46(13,14)38-23-33(9)42(34(10)24-38)53-27-40(49)28-54-43(50)29(3)4/h17-24,39-40,48-49H,3,5,15-16,25-28H2,1-2,4,6-14H3. The Bertz CT molecular complexity index is 1800. The molecule has 8 nitrogen and oxygen atoms in total. The van der Waals surface area contributed by atoms with Gasteiger partial charge in [0, 0.05) is 28.4 Å². The van der Waals surface area contributed by atoms with Crippen LogP contribution < -0.4 is 9.47 Å². The van der Waals surface area contributed by atoms with Crippen LogP contribution in [0.2, 0.25) is 0 Å². The molecule has 2 N–H and O–H groups in total. The Kier molecular flexibility index (Phi) is 15.1. The van der Waals surface area contributed by atoms with Crippen LogP contribution in [0.3, 0.4) is 0 Å². The molecule has 0 fully saturated rings. The van der Waals surface area contributed by atoms with Crippen molar-refractivity contribution in [3.05, 3.63) is 117 Å². The van der Waals surface area contributed by atoms with E-state index < -0.39 is 29.7 Å². The Hall–Kier alpha value is -4.40. The Morgan fingerprint density at radius 2 is 0.982 bits per heavy atom. The summed E-state index contributed by atoms with van der Waals surface area (Å²) in [4.78, 5) is 24.0. The lowest BCUT2D eigenvalue weighted by atomic mass is 9.74. The third kappa shape index (κ3) is 11.1. The zero-order valence-electron chi connectivity index (χ0n) is 35.3. The molecular formula is C47H64O8. The van der Waals surface area contributed by atoms with Crippen LogP contribution in [0.25, 0.3) is 0 Å². The third-order valence-electron chi connectivity index (χ3n) is 10.8. The van der Waals surface area contributed by atoms with E-state index in [0.717, 1.165) is 39.1 Å². The maximum Gasteiger partial charge on any atom is 0.333 e. The number of carbonyl (C=O) groups is 2. The van der Waals surface area contributed by atoms with Crippen molar-refractivity contribution >= 4 is 11.9 Å². The van der Waals surface area contributed by atoms with Gasteiger partial charge in [0.25, 0.3) is 0 Å². The number of benzene rings is 3. The molecule has 8 heteroatoms. The molecule has 0 aliphatic carbocycles. The quantitative estimate of drug-likeness (QED) is 0.0921. The molecular weight excluding hydrogens is 693 g/mol. The molecule has 2 atom stereocenters. The minimum absolute atomic E-state index is 0.00188. The van der Waals surface area contributed by atoms with E-state index in [9.17, 15) is 19.8 Å². The van der Waals surface area contributed by atoms with Crippen molar-refractivity contribution < 1.29 is 38.7 Å². The van der Waals surface area contributed by atoms with Gasteiger partial charge in [0.2, 0.25) is 0 Å². The number of aryl methyl sites for hydroxylation is 4. The Morgan fingerprint density at radius 3 is 1.33 bits per heavy atom. The van der Waals surface area contributed by atoms with Crippen molar-refractivity contribution in [2.24, 2.45) is 0 Å². The van der Waals surface area contributed by atoms with Crippen LogP contribution in [0.15, 0.2) is 72.8 Å². The number of carbonyl (C=O) groups excluding carboxylic acids is 2. The summed E-state index contributed by atoms with van der Waals surface area (Å²) < 4.78 is 23.0. The lowest BCUT2D eigenvalue weighted by Crippen LogP contribution is -2.39. The van der Waals surface area contributed by atoms with Crippen LogP contribution >= 0.6 is 0 Å². The van der Waals surface area contributed by atoms with Gasteiger partial charge in [0.1, 0.15) is 43.0 Å². The molecule has 0 amide bonds. The van der Waals surface area contributed by atoms with E-state index in [1.807, 2.05) is 41.5 Å². The molecule has 3 aromatic rings. The summed E-state index contributed by atoms with van der Waals surface area (Å²) in [7, 11) is 0. The van der Waals surface area contributed by atoms with Gasteiger partial charge < -0.3 is 29.2 Å². The fourth-order valence-corrected chi connectivity index (χ4v) is 6.91.